The second-order valence-corrected chi connectivity index (χ2v) is 9.68. The third kappa shape index (κ3) is 5.72. The summed E-state index contributed by atoms with van der Waals surface area (Å²) in [6, 6.07) is 11.0. The molecule has 0 aliphatic rings. The molecule has 0 aliphatic heterocycles. The van der Waals surface area contributed by atoms with Gasteiger partial charge in [-0.2, -0.15) is 9.98 Å². The average molecular weight is 431 g/mol. The molecule has 2 aromatic rings. The van der Waals surface area contributed by atoms with Crippen LogP contribution in [0.3, 0.4) is 0 Å². The summed E-state index contributed by atoms with van der Waals surface area (Å²) in [6.07, 6.45) is 0. The van der Waals surface area contributed by atoms with Gasteiger partial charge in [0.1, 0.15) is 6.01 Å². The minimum Gasteiger partial charge on any atom is -0.187 e. The van der Waals surface area contributed by atoms with Crippen LogP contribution in [0.25, 0.3) is 0 Å². The van der Waals surface area contributed by atoms with Gasteiger partial charge in [-0.3, -0.25) is 0 Å². The van der Waals surface area contributed by atoms with Crippen molar-refractivity contribution in [2.75, 3.05) is 0 Å². The number of benzene rings is 2. The van der Waals surface area contributed by atoms with Gasteiger partial charge in [0.25, 0.3) is 0 Å². The Kier molecular flexibility index (Phi) is 8.11. The molecule has 0 radical (unpaired) electrons. The summed E-state index contributed by atoms with van der Waals surface area (Å²) < 4.78 is 0. The van der Waals surface area contributed by atoms with Crippen molar-refractivity contribution >= 4 is 40.6 Å². The van der Waals surface area contributed by atoms with E-state index in [0.717, 1.165) is 43.7 Å². The predicted octanol–water partition coefficient (Wildman–Crippen LogP) is 9.62. The fraction of sp³-hybridized carbons (Fsp3) is 0.480. The van der Waals surface area contributed by atoms with Gasteiger partial charge in [-0.25, -0.2) is 0 Å². The Bertz CT molecular complexity index is 802. The first-order valence-corrected chi connectivity index (χ1v) is 11.1. The minimum absolute atomic E-state index is 0.305. The van der Waals surface area contributed by atoms with E-state index in [4.69, 9.17) is 33.2 Å². The van der Waals surface area contributed by atoms with Gasteiger partial charge in [-0.15, -0.1) is 0 Å². The Balaban J connectivity index is 2.70. The molecule has 0 N–H and O–H groups in total. The quantitative estimate of drug-likeness (QED) is 0.407. The number of hydrogen-bond donors (Lipinski definition) is 0. The summed E-state index contributed by atoms with van der Waals surface area (Å²) in [6.45, 7) is 17.2. The molecule has 4 heteroatoms. The smallest absolute Gasteiger partial charge is 0.101 e. The molecule has 156 valence electrons. The van der Waals surface area contributed by atoms with Crippen LogP contribution in [-0.2, 0) is 0 Å². The fourth-order valence-corrected chi connectivity index (χ4v) is 3.90. The lowest BCUT2D eigenvalue weighted by Crippen LogP contribution is -1.96. The topological polar surface area (TPSA) is 24.7 Å². The molecule has 0 spiro atoms. The molecular formula is C25H32Cl2N2. The SMILES string of the molecule is CC(C)c1cc(Cl)cc(C(C)C)c1N=C=Nc1c(C(C)C)cc(Cl)cc1C(C)C. The second-order valence-electron chi connectivity index (χ2n) is 8.81. The van der Waals surface area contributed by atoms with E-state index in [-0.39, 0.29) is 0 Å². The van der Waals surface area contributed by atoms with Crippen molar-refractivity contribution in [2.45, 2.75) is 79.1 Å². The maximum Gasteiger partial charge on any atom is 0.101 e. The molecule has 0 aromatic heterocycles. The highest BCUT2D eigenvalue weighted by atomic mass is 35.5. The number of hydrogen-bond acceptors (Lipinski definition) is 2. The zero-order valence-corrected chi connectivity index (χ0v) is 20.3. The molecule has 0 amide bonds. The fourth-order valence-electron chi connectivity index (χ4n) is 3.43. The normalized spacial score (nSPS) is 11.5. The van der Waals surface area contributed by atoms with E-state index in [1.165, 1.54) is 0 Å². The number of aliphatic imine (C=N–C) groups is 2. The van der Waals surface area contributed by atoms with Crippen LogP contribution < -0.4 is 0 Å². The van der Waals surface area contributed by atoms with Gasteiger partial charge in [0, 0.05) is 10.0 Å². The van der Waals surface area contributed by atoms with E-state index in [1.54, 1.807) is 0 Å². The van der Waals surface area contributed by atoms with E-state index in [1.807, 2.05) is 24.3 Å². The van der Waals surface area contributed by atoms with Crippen LogP contribution >= 0.6 is 23.2 Å². The van der Waals surface area contributed by atoms with E-state index >= 15 is 0 Å². The third-order valence-corrected chi connectivity index (χ3v) is 5.52. The highest BCUT2D eigenvalue weighted by Gasteiger charge is 2.16. The van der Waals surface area contributed by atoms with Crippen molar-refractivity contribution in [1.29, 1.82) is 0 Å². The first-order chi connectivity index (χ1) is 13.5. The predicted molar refractivity (Wildman–Crippen MR) is 128 cm³/mol. The van der Waals surface area contributed by atoms with Gasteiger partial charge in [-0.1, -0.05) is 78.6 Å². The van der Waals surface area contributed by atoms with Gasteiger partial charge >= 0.3 is 0 Å². The molecule has 0 fully saturated rings. The lowest BCUT2D eigenvalue weighted by molar-refractivity contribution is 0.834. The lowest BCUT2D eigenvalue weighted by atomic mass is 9.93. The Labute approximate surface area is 186 Å². The van der Waals surface area contributed by atoms with Gasteiger partial charge in [-0.05, 0) is 70.2 Å². The van der Waals surface area contributed by atoms with E-state index < -0.39 is 0 Å². The summed E-state index contributed by atoms with van der Waals surface area (Å²) in [5.41, 5.74) is 6.33. The summed E-state index contributed by atoms with van der Waals surface area (Å²) in [5, 5.41) is 1.49. The van der Waals surface area contributed by atoms with E-state index in [0.29, 0.717) is 23.7 Å². The minimum atomic E-state index is 0.305. The van der Waals surface area contributed by atoms with Crippen molar-refractivity contribution in [3.05, 3.63) is 56.6 Å². The zero-order valence-electron chi connectivity index (χ0n) is 18.8. The molecule has 0 heterocycles. The van der Waals surface area contributed by atoms with Gasteiger partial charge in [0.05, 0.1) is 11.4 Å². The van der Waals surface area contributed by atoms with E-state index in [9.17, 15) is 0 Å². The summed E-state index contributed by atoms with van der Waals surface area (Å²) in [5.74, 6) is 1.22. The van der Waals surface area contributed by atoms with Crippen LogP contribution in [0.5, 0.6) is 0 Å². The molecular weight excluding hydrogens is 399 g/mol. The first-order valence-electron chi connectivity index (χ1n) is 10.4. The Morgan fingerprint density at radius 3 is 1.00 bits per heavy atom. The number of halogens is 2. The Hall–Kier alpha value is -1.60. The van der Waals surface area contributed by atoms with Crippen LogP contribution in [0.2, 0.25) is 10.0 Å². The Morgan fingerprint density at radius 1 is 0.552 bits per heavy atom. The summed E-state index contributed by atoms with van der Waals surface area (Å²) in [7, 11) is 0. The van der Waals surface area contributed by atoms with Crippen LogP contribution in [0, 0.1) is 0 Å². The highest BCUT2D eigenvalue weighted by molar-refractivity contribution is 6.31. The van der Waals surface area contributed by atoms with Crippen molar-refractivity contribution in [3.63, 3.8) is 0 Å². The number of rotatable bonds is 6. The summed E-state index contributed by atoms with van der Waals surface area (Å²) in [4.78, 5) is 9.40. The monoisotopic (exact) mass is 430 g/mol. The average Bonchev–Trinajstić information content (AvgIpc) is 2.62. The standard InChI is InChI=1S/C25H32Cl2N2/c1-14(2)20-9-18(26)10-21(15(3)4)24(20)28-13-29-25-22(16(5)6)11-19(27)12-23(25)17(7)8/h9-12,14-17H,1-8H3. The maximum atomic E-state index is 6.37. The lowest BCUT2D eigenvalue weighted by Gasteiger charge is -2.17. The molecule has 0 saturated carbocycles. The molecule has 0 bridgehead atoms. The summed E-state index contributed by atoms with van der Waals surface area (Å²) >= 11 is 12.7. The van der Waals surface area contributed by atoms with Crippen LogP contribution in [0.1, 0.15) is 101 Å². The Morgan fingerprint density at radius 2 is 0.793 bits per heavy atom. The second kappa shape index (κ2) is 9.94. The molecule has 0 saturated heterocycles. The van der Waals surface area contributed by atoms with Crippen LogP contribution in [0.4, 0.5) is 11.4 Å². The van der Waals surface area contributed by atoms with Gasteiger partial charge < -0.3 is 0 Å². The zero-order chi connectivity index (χ0) is 21.9. The molecule has 2 aromatic carbocycles. The molecule has 0 atom stereocenters. The van der Waals surface area contributed by atoms with Crippen LogP contribution in [0.15, 0.2) is 34.3 Å². The van der Waals surface area contributed by atoms with Gasteiger partial charge in [0.15, 0.2) is 0 Å². The van der Waals surface area contributed by atoms with Crippen molar-refractivity contribution in [3.8, 4) is 0 Å². The van der Waals surface area contributed by atoms with Crippen LogP contribution in [-0.4, -0.2) is 6.01 Å². The highest BCUT2D eigenvalue weighted by Crippen LogP contribution is 2.39. The molecule has 29 heavy (non-hydrogen) atoms. The molecule has 2 rings (SSSR count). The molecule has 0 unspecified atom stereocenters. The molecule has 0 aliphatic carbocycles. The molecule has 2 nitrogen and oxygen atoms in total. The van der Waals surface area contributed by atoms with Crippen molar-refractivity contribution in [2.24, 2.45) is 9.98 Å². The van der Waals surface area contributed by atoms with Gasteiger partial charge in [0.2, 0.25) is 0 Å². The number of nitrogens with zero attached hydrogens (tertiary/aromatic N) is 2. The third-order valence-electron chi connectivity index (χ3n) is 5.08. The van der Waals surface area contributed by atoms with Crippen molar-refractivity contribution in [1.82, 2.24) is 0 Å². The maximum absolute atomic E-state index is 6.37. The van der Waals surface area contributed by atoms with E-state index in [2.05, 4.69) is 61.4 Å². The largest absolute Gasteiger partial charge is 0.187 e. The van der Waals surface area contributed by atoms with Crippen molar-refractivity contribution < 1.29 is 0 Å². The first kappa shape index (κ1) is 23.7.